The monoisotopic (exact) mass is 274 g/mol. The number of pyridine rings is 1. The number of aryl methyl sites for hydroxylation is 2. The SMILES string of the molecule is CCNC(CCCc1cccs1)c1cnccc1C. The van der Waals surface area contributed by atoms with Crippen LogP contribution in [-0.4, -0.2) is 11.5 Å². The third-order valence-corrected chi connectivity index (χ3v) is 4.34. The minimum Gasteiger partial charge on any atom is -0.310 e. The molecule has 2 aromatic rings. The second-order valence-corrected chi connectivity index (χ2v) is 5.85. The molecule has 1 N–H and O–H groups in total. The Morgan fingerprint density at radius 3 is 2.95 bits per heavy atom. The molecule has 102 valence electrons. The molecular weight excluding hydrogens is 252 g/mol. The van der Waals surface area contributed by atoms with Gasteiger partial charge in [0.15, 0.2) is 0 Å². The average Bonchev–Trinajstić information content (AvgIpc) is 2.92. The predicted molar refractivity (Wildman–Crippen MR) is 82.6 cm³/mol. The Bertz CT molecular complexity index is 479. The summed E-state index contributed by atoms with van der Waals surface area (Å²) in [5.74, 6) is 0. The maximum absolute atomic E-state index is 4.27. The van der Waals surface area contributed by atoms with Gasteiger partial charge < -0.3 is 5.32 Å². The highest BCUT2D eigenvalue weighted by atomic mass is 32.1. The Labute approximate surface area is 119 Å². The maximum atomic E-state index is 4.27. The second kappa shape index (κ2) is 7.41. The van der Waals surface area contributed by atoms with Gasteiger partial charge >= 0.3 is 0 Å². The molecule has 0 radical (unpaired) electrons. The molecule has 0 aliphatic heterocycles. The van der Waals surface area contributed by atoms with Gasteiger partial charge in [-0.1, -0.05) is 13.0 Å². The highest BCUT2D eigenvalue weighted by Gasteiger charge is 2.12. The molecular formula is C16H22N2S. The Morgan fingerprint density at radius 1 is 1.37 bits per heavy atom. The molecule has 0 aliphatic rings. The Kier molecular flexibility index (Phi) is 5.55. The van der Waals surface area contributed by atoms with Gasteiger partial charge in [0.05, 0.1) is 0 Å². The summed E-state index contributed by atoms with van der Waals surface area (Å²) in [6, 6.07) is 6.88. The molecule has 0 aromatic carbocycles. The molecule has 1 unspecified atom stereocenters. The number of nitrogens with one attached hydrogen (secondary N) is 1. The molecule has 0 bridgehead atoms. The molecule has 0 amide bonds. The Morgan fingerprint density at radius 2 is 2.26 bits per heavy atom. The van der Waals surface area contributed by atoms with Crippen LogP contribution in [0, 0.1) is 6.92 Å². The summed E-state index contributed by atoms with van der Waals surface area (Å²) >= 11 is 1.85. The number of nitrogens with zero attached hydrogens (tertiary/aromatic N) is 1. The van der Waals surface area contributed by atoms with Gasteiger partial charge in [-0.05, 0) is 61.4 Å². The molecule has 2 aromatic heterocycles. The van der Waals surface area contributed by atoms with Crippen molar-refractivity contribution in [3.8, 4) is 0 Å². The summed E-state index contributed by atoms with van der Waals surface area (Å²) in [6.07, 6.45) is 7.44. The fraction of sp³-hybridized carbons (Fsp3) is 0.438. The van der Waals surface area contributed by atoms with E-state index in [1.54, 1.807) is 0 Å². The topological polar surface area (TPSA) is 24.9 Å². The van der Waals surface area contributed by atoms with E-state index in [-0.39, 0.29) is 0 Å². The third-order valence-electron chi connectivity index (χ3n) is 3.40. The minimum absolute atomic E-state index is 0.429. The Balaban J connectivity index is 1.94. The van der Waals surface area contributed by atoms with Crippen molar-refractivity contribution in [2.45, 2.75) is 39.2 Å². The molecule has 0 fully saturated rings. The average molecular weight is 274 g/mol. The van der Waals surface area contributed by atoms with Gasteiger partial charge in [0.2, 0.25) is 0 Å². The largest absolute Gasteiger partial charge is 0.310 e. The zero-order valence-electron chi connectivity index (χ0n) is 11.7. The van der Waals surface area contributed by atoms with Crippen LogP contribution in [0.15, 0.2) is 36.0 Å². The van der Waals surface area contributed by atoms with Crippen molar-refractivity contribution in [2.24, 2.45) is 0 Å². The van der Waals surface area contributed by atoms with Crippen LogP contribution >= 0.6 is 11.3 Å². The first-order valence-corrected chi connectivity index (χ1v) is 7.85. The van der Waals surface area contributed by atoms with Crippen LogP contribution < -0.4 is 5.32 Å². The number of rotatable bonds is 7. The first kappa shape index (κ1) is 14.2. The van der Waals surface area contributed by atoms with Crippen LogP contribution in [-0.2, 0) is 6.42 Å². The van der Waals surface area contributed by atoms with E-state index in [1.165, 1.54) is 28.8 Å². The lowest BCUT2D eigenvalue weighted by Gasteiger charge is -2.19. The van der Waals surface area contributed by atoms with E-state index in [1.807, 2.05) is 23.7 Å². The fourth-order valence-electron chi connectivity index (χ4n) is 2.39. The predicted octanol–water partition coefficient (Wildman–Crippen LogP) is 4.13. The molecule has 0 spiro atoms. The van der Waals surface area contributed by atoms with Gasteiger partial charge in [-0.3, -0.25) is 4.98 Å². The molecule has 0 saturated heterocycles. The molecule has 2 heterocycles. The summed E-state index contributed by atoms with van der Waals surface area (Å²) in [5, 5.41) is 5.74. The van der Waals surface area contributed by atoms with E-state index in [0.29, 0.717) is 6.04 Å². The second-order valence-electron chi connectivity index (χ2n) is 4.81. The standard InChI is InChI=1S/C16H22N2S/c1-3-18-16(15-12-17-10-9-13(15)2)8-4-6-14-7-5-11-19-14/h5,7,9-12,16,18H,3-4,6,8H2,1-2H3. The minimum atomic E-state index is 0.429. The maximum Gasteiger partial charge on any atom is 0.0338 e. The number of thiophene rings is 1. The van der Waals surface area contributed by atoms with E-state index < -0.39 is 0 Å². The fourth-order valence-corrected chi connectivity index (χ4v) is 3.14. The first-order valence-electron chi connectivity index (χ1n) is 6.97. The van der Waals surface area contributed by atoms with E-state index in [9.17, 15) is 0 Å². The summed E-state index contributed by atoms with van der Waals surface area (Å²) in [5.41, 5.74) is 2.67. The lowest BCUT2D eigenvalue weighted by molar-refractivity contribution is 0.496. The summed E-state index contributed by atoms with van der Waals surface area (Å²) in [7, 11) is 0. The quantitative estimate of drug-likeness (QED) is 0.821. The number of hydrogen-bond donors (Lipinski definition) is 1. The molecule has 3 heteroatoms. The molecule has 1 atom stereocenters. The van der Waals surface area contributed by atoms with E-state index in [4.69, 9.17) is 0 Å². The van der Waals surface area contributed by atoms with Gasteiger partial charge in [0.1, 0.15) is 0 Å². The summed E-state index contributed by atoms with van der Waals surface area (Å²) in [6.45, 7) is 5.33. The van der Waals surface area contributed by atoms with E-state index >= 15 is 0 Å². The van der Waals surface area contributed by atoms with Gasteiger partial charge in [-0.15, -0.1) is 11.3 Å². The lowest BCUT2D eigenvalue weighted by atomic mass is 9.98. The van der Waals surface area contributed by atoms with Crippen molar-refractivity contribution in [3.05, 3.63) is 52.0 Å². The lowest BCUT2D eigenvalue weighted by Crippen LogP contribution is -2.22. The van der Waals surface area contributed by atoms with Crippen molar-refractivity contribution >= 4 is 11.3 Å². The van der Waals surface area contributed by atoms with Crippen molar-refractivity contribution in [3.63, 3.8) is 0 Å². The first-order chi connectivity index (χ1) is 9.31. The van der Waals surface area contributed by atoms with Crippen LogP contribution in [0.1, 0.15) is 41.8 Å². The highest BCUT2D eigenvalue weighted by Crippen LogP contribution is 2.22. The van der Waals surface area contributed by atoms with Crippen molar-refractivity contribution in [1.82, 2.24) is 10.3 Å². The van der Waals surface area contributed by atoms with Gasteiger partial charge in [-0.2, -0.15) is 0 Å². The molecule has 2 nitrogen and oxygen atoms in total. The summed E-state index contributed by atoms with van der Waals surface area (Å²) < 4.78 is 0. The number of aromatic nitrogens is 1. The van der Waals surface area contributed by atoms with Crippen LogP contribution in [0.25, 0.3) is 0 Å². The van der Waals surface area contributed by atoms with Crippen LogP contribution in [0.5, 0.6) is 0 Å². The molecule has 0 saturated carbocycles. The van der Waals surface area contributed by atoms with Crippen LogP contribution in [0.2, 0.25) is 0 Å². The van der Waals surface area contributed by atoms with E-state index in [0.717, 1.165) is 13.0 Å². The Hall–Kier alpha value is -1.19. The van der Waals surface area contributed by atoms with Gasteiger partial charge in [0, 0.05) is 23.3 Å². The van der Waals surface area contributed by atoms with Crippen molar-refractivity contribution < 1.29 is 0 Å². The molecule has 0 aliphatic carbocycles. The van der Waals surface area contributed by atoms with Crippen molar-refractivity contribution in [2.75, 3.05) is 6.54 Å². The summed E-state index contributed by atoms with van der Waals surface area (Å²) in [4.78, 5) is 5.75. The smallest absolute Gasteiger partial charge is 0.0338 e. The van der Waals surface area contributed by atoms with Crippen LogP contribution in [0.3, 0.4) is 0 Å². The molecule has 2 rings (SSSR count). The van der Waals surface area contributed by atoms with Gasteiger partial charge in [-0.25, -0.2) is 0 Å². The van der Waals surface area contributed by atoms with Crippen LogP contribution in [0.4, 0.5) is 0 Å². The van der Waals surface area contributed by atoms with Crippen molar-refractivity contribution in [1.29, 1.82) is 0 Å². The van der Waals surface area contributed by atoms with E-state index in [2.05, 4.69) is 47.7 Å². The van der Waals surface area contributed by atoms with Gasteiger partial charge in [0.25, 0.3) is 0 Å². The normalized spacial score (nSPS) is 12.5. The highest BCUT2D eigenvalue weighted by molar-refractivity contribution is 7.09. The zero-order valence-corrected chi connectivity index (χ0v) is 12.5. The number of hydrogen-bond acceptors (Lipinski definition) is 3. The molecule has 19 heavy (non-hydrogen) atoms. The third kappa shape index (κ3) is 4.15. The zero-order chi connectivity index (χ0) is 13.5.